The van der Waals surface area contributed by atoms with Crippen molar-refractivity contribution in [1.82, 2.24) is 4.98 Å². The Morgan fingerprint density at radius 1 is 1.27 bits per heavy atom. The normalized spacial score (nSPS) is 17.2. The average molecular weight is 394 g/mol. The fourth-order valence-corrected chi connectivity index (χ4v) is 5.39. The Kier molecular flexibility index (Phi) is 5.69. The molecule has 0 saturated heterocycles. The average Bonchev–Trinajstić information content (AvgIpc) is 3.04. The highest BCUT2D eigenvalue weighted by Crippen LogP contribution is 2.42. The highest BCUT2D eigenvalue weighted by molar-refractivity contribution is 7.80. The zero-order valence-corrected chi connectivity index (χ0v) is 17.0. The van der Waals surface area contributed by atoms with Crippen molar-refractivity contribution in [2.75, 3.05) is 4.31 Å². The zero-order chi connectivity index (χ0) is 18.9. The Labute approximate surface area is 161 Å². The summed E-state index contributed by atoms with van der Waals surface area (Å²) in [6.45, 7) is 5.49. The van der Waals surface area contributed by atoms with Gasteiger partial charge in [-0.15, -0.1) is 11.3 Å². The minimum atomic E-state index is -2.46. The largest absolute Gasteiger partial charge is 0.755 e. The molecule has 1 aliphatic carbocycles. The number of hydrogen-bond acceptors (Lipinski definition) is 5. The molecule has 1 N–H and O–H groups in total. The summed E-state index contributed by atoms with van der Waals surface area (Å²) in [6.07, 6.45) is 7.97. The van der Waals surface area contributed by atoms with Crippen molar-refractivity contribution in [3.63, 3.8) is 0 Å². The quantitative estimate of drug-likeness (QED) is 0.745. The Morgan fingerprint density at radius 3 is 2.58 bits per heavy atom. The smallest absolute Gasteiger partial charge is 0.117 e. The first-order valence-corrected chi connectivity index (χ1v) is 10.8. The van der Waals surface area contributed by atoms with E-state index in [1.807, 2.05) is 27.0 Å². The van der Waals surface area contributed by atoms with E-state index in [0.29, 0.717) is 11.6 Å². The van der Waals surface area contributed by atoms with Crippen molar-refractivity contribution in [1.29, 1.82) is 0 Å². The first-order chi connectivity index (χ1) is 12.3. The molecule has 3 rings (SSSR count). The first kappa shape index (κ1) is 19.3. The van der Waals surface area contributed by atoms with Crippen LogP contribution in [0.4, 0.5) is 5.69 Å². The number of nitrogens with zero attached hydrogens (tertiary/aromatic N) is 2. The summed E-state index contributed by atoms with van der Waals surface area (Å²) in [4.78, 5) is 5.56. The van der Waals surface area contributed by atoms with Crippen molar-refractivity contribution < 1.29 is 13.9 Å². The molecule has 1 aromatic heterocycles. The summed E-state index contributed by atoms with van der Waals surface area (Å²) >= 11 is -0.825. The molecule has 0 aliphatic heterocycles. The van der Waals surface area contributed by atoms with E-state index in [9.17, 15) is 13.9 Å². The van der Waals surface area contributed by atoms with Gasteiger partial charge in [0.25, 0.3) is 0 Å². The zero-order valence-electron chi connectivity index (χ0n) is 15.4. The van der Waals surface area contributed by atoms with Gasteiger partial charge in [-0.3, -0.25) is 8.51 Å². The molecule has 5 nitrogen and oxygen atoms in total. The Hall–Kier alpha value is -1.44. The van der Waals surface area contributed by atoms with Gasteiger partial charge < -0.3 is 9.66 Å². The van der Waals surface area contributed by atoms with Crippen LogP contribution in [0.3, 0.4) is 0 Å². The third-order valence-electron chi connectivity index (χ3n) is 4.70. The van der Waals surface area contributed by atoms with Gasteiger partial charge in [0, 0.05) is 40.5 Å². The van der Waals surface area contributed by atoms with Crippen molar-refractivity contribution in [2.45, 2.75) is 64.3 Å². The van der Waals surface area contributed by atoms with Crippen LogP contribution in [-0.2, 0) is 11.3 Å². The third kappa shape index (κ3) is 4.10. The Balaban J connectivity index is 2.03. The van der Waals surface area contributed by atoms with Crippen molar-refractivity contribution in [3.05, 3.63) is 29.4 Å². The number of hydrogen-bond donors (Lipinski definition) is 1. The van der Waals surface area contributed by atoms with Gasteiger partial charge in [0.1, 0.15) is 5.75 Å². The molecule has 1 aromatic carbocycles. The van der Waals surface area contributed by atoms with Crippen molar-refractivity contribution in [3.8, 4) is 16.2 Å². The molecule has 26 heavy (non-hydrogen) atoms. The summed E-state index contributed by atoms with van der Waals surface area (Å²) in [6, 6.07) is 4.87. The van der Waals surface area contributed by atoms with Gasteiger partial charge in [-0.25, -0.2) is 4.98 Å². The van der Waals surface area contributed by atoms with Crippen molar-refractivity contribution in [2.24, 2.45) is 0 Å². The lowest BCUT2D eigenvalue weighted by molar-refractivity contribution is 0.442. The molecule has 1 aliphatic rings. The van der Waals surface area contributed by atoms with Gasteiger partial charge in [-0.05, 0) is 45.7 Å². The minimum Gasteiger partial charge on any atom is -0.755 e. The molecule has 0 amide bonds. The standard InChI is InChI=1S/C19H26N2O3S2/c1-19(2,3)21(26(23)24)16-11-14(22)9-10-15(16)17-12-20-18(25-17)13-7-5-4-6-8-13/h9-13,22H,4-8H2,1-3H3,(H,23,24)/p-1. The lowest BCUT2D eigenvalue weighted by Gasteiger charge is -2.39. The molecule has 0 spiro atoms. The van der Waals surface area contributed by atoms with Crippen LogP contribution >= 0.6 is 11.3 Å². The maximum atomic E-state index is 11.9. The van der Waals surface area contributed by atoms with E-state index in [2.05, 4.69) is 4.98 Å². The van der Waals surface area contributed by atoms with Crippen LogP contribution in [0.25, 0.3) is 10.4 Å². The van der Waals surface area contributed by atoms with E-state index in [1.165, 1.54) is 42.5 Å². The molecule has 1 unspecified atom stereocenters. The second-order valence-electron chi connectivity index (χ2n) is 7.78. The van der Waals surface area contributed by atoms with E-state index in [1.54, 1.807) is 23.5 Å². The van der Waals surface area contributed by atoms with Crippen LogP contribution in [0.5, 0.6) is 5.75 Å². The maximum absolute atomic E-state index is 11.9. The molecular weight excluding hydrogens is 368 g/mol. The number of phenols is 1. The van der Waals surface area contributed by atoms with Crippen LogP contribution in [0, 0.1) is 0 Å². The molecular formula is C19H25N2O3S2-. The molecule has 1 heterocycles. The van der Waals surface area contributed by atoms with E-state index >= 15 is 0 Å². The fraction of sp³-hybridized carbons (Fsp3) is 0.526. The van der Waals surface area contributed by atoms with E-state index in [0.717, 1.165) is 15.4 Å². The topological polar surface area (TPSA) is 76.5 Å². The second kappa shape index (κ2) is 7.66. The Bertz CT molecular complexity index is 792. The number of anilines is 1. The van der Waals surface area contributed by atoms with Gasteiger partial charge >= 0.3 is 0 Å². The lowest BCUT2D eigenvalue weighted by atomic mass is 9.90. The third-order valence-corrected chi connectivity index (χ3v) is 6.94. The predicted molar refractivity (Wildman–Crippen MR) is 106 cm³/mol. The molecule has 1 atom stereocenters. The van der Waals surface area contributed by atoms with Gasteiger partial charge in [0.2, 0.25) is 0 Å². The number of phenolic OH excluding ortho intramolecular Hbond substituents is 1. The Morgan fingerprint density at radius 2 is 1.96 bits per heavy atom. The summed E-state index contributed by atoms with van der Waals surface area (Å²) in [7, 11) is 0. The van der Waals surface area contributed by atoms with E-state index in [4.69, 9.17) is 0 Å². The molecule has 142 valence electrons. The van der Waals surface area contributed by atoms with Crippen LogP contribution < -0.4 is 4.31 Å². The number of rotatable bonds is 4. The molecule has 0 radical (unpaired) electrons. The SMILES string of the molecule is CC(C)(C)N(c1cc(O)ccc1-c1cnc(C2CCCCC2)s1)S(=O)[O-]. The van der Waals surface area contributed by atoms with Crippen LogP contribution in [0.1, 0.15) is 63.8 Å². The fourth-order valence-electron chi connectivity index (χ4n) is 3.51. The monoisotopic (exact) mass is 393 g/mol. The lowest BCUT2D eigenvalue weighted by Crippen LogP contribution is -2.42. The van der Waals surface area contributed by atoms with Gasteiger partial charge in [-0.2, -0.15) is 0 Å². The summed E-state index contributed by atoms with van der Waals surface area (Å²) in [5.41, 5.74) is 0.609. The van der Waals surface area contributed by atoms with Crippen LogP contribution in [-0.4, -0.2) is 24.4 Å². The summed E-state index contributed by atoms with van der Waals surface area (Å²) in [5, 5.41) is 11.1. The number of benzene rings is 1. The van der Waals surface area contributed by atoms with Gasteiger partial charge in [0.05, 0.1) is 15.6 Å². The second-order valence-corrected chi connectivity index (χ2v) is 9.64. The molecule has 7 heteroatoms. The van der Waals surface area contributed by atoms with Gasteiger partial charge in [0.15, 0.2) is 0 Å². The number of aromatic nitrogens is 1. The van der Waals surface area contributed by atoms with E-state index in [-0.39, 0.29) is 5.75 Å². The molecule has 1 saturated carbocycles. The number of thiazole rings is 1. The predicted octanol–water partition coefficient (Wildman–Crippen LogP) is 4.96. The maximum Gasteiger partial charge on any atom is 0.117 e. The molecule has 1 fully saturated rings. The number of aromatic hydroxyl groups is 1. The summed E-state index contributed by atoms with van der Waals surface area (Å²) < 4.78 is 25.2. The van der Waals surface area contributed by atoms with E-state index < -0.39 is 16.8 Å². The van der Waals surface area contributed by atoms with Gasteiger partial charge in [-0.1, -0.05) is 19.3 Å². The van der Waals surface area contributed by atoms with Crippen LogP contribution in [0.15, 0.2) is 24.4 Å². The highest BCUT2D eigenvalue weighted by Gasteiger charge is 2.27. The minimum absolute atomic E-state index is 0.0421. The molecule has 2 aromatic rings. The highest BCUT2D eigenvalue weighted by atomic mass is 32.2. The van der Waals surface area contributed by atoms with Crippen molar-refractivity contribution >= 4 is 28.3 Å². The summed E-state index contributed by atoms with van der Waals surface area (Å²) in [5.74, 6) is 0.552. The molecule has 0 bridgehead atoms. The first-order valence-electron chi connectivity index (χ1n) is 8.96. The van der Waals surface area contributed by atoms with Crippen LogP contribution in [0.2, 0.25) is 0 Å².